The Morgan fingerprint density at radius 2 is 1.88 bits per heavy atom. The molecule has 2 fully saturated rings. The van der Waals surface area contributed by atoms with Crippen molar-refractivity contribution in [3.63, 3.8) is 0 Å². The molecule has 1 saturated carbocycles. The lowest BCUT2D eigenvalue weighted by Gasteiger charge is -2.31. The standard InChI is InChI=1S/C17H31N3O3.ClH/c1-2-23-11-3-8-19-17(22)15-6-9-20(10-7-15)16(21)13-18-12-14-4-5-14;/h14-15,18H,2-13H2,1H3,(H,19,22);1H. The third kappa shape index (κ3) is 7.81. The van der Waals surface area contributed by atoms with Crippen molar-refractivity contribution >= 4 is 24.2 Å². The van der Waals surface area contributed by atoms with Crippen molar-refractivity contribution < 1.29 is 14.3 Å². The van der Waals surface area contributed by atoms with Crippen molar-refractivity contribution in [1.82, 2.24) is 15.5 Å². The summed E-state index contributed by atoms with van der Waals surface area (Å²) in [6.07, 6.45) is 4.99. The maximum Gasteiger partial charge on any atom is 0.236 e. The van der Waals surface area contributed by atoms with E-state index < -0.39 is 0 Å². The van der Waals surface area contributed by atoms with E-state index in [1.54, 1.807) is 0 Å². The molecule has 1 aliphatic carbocycles. The molecule has 0 spiro atoms. The van der Waals surface area contributed by atoms with Crippen molar-refractivity contribution in [3.8, 4) is 0 Å². The molecule has 0 aromatic rings. The van der Waals surface area contributed by atoms with Gasteiger partial charge < -0.3 is 20.3 Å². The number of carbonyl (C=O) groups is 2. The number of nitrogens with zero attached hydrogens (tertiary/aromatic N) is 1. The molecule has 0 aromatic heterocycles. The molecule has 1 heterocycles. The molecule has 0 atom stereocenters. The van der Waals surface area contributed by atoms with Gasteiger partial charge in [0.05, 0.1) is 6.54 Å². The van der Waals surface area contributed by atoms with Crippen LogP contribution in [0.3, 0.4) is 0 Å². The van der Waals surface area contributed by atoms with Gasteiger partial charge in [-0.2, -0.15) is 0 Å². The van der Waals surface area contributed by atoms with E-state index in [4.69, 9.17) is 4.74 Å². The first-order chi connectivity index (χ1) is 11.2. The van der Waals surface area contributed by atoms with Gasteiger partial charge in [0.25, 0.3) is 0 Å². The minimum Gasteiger partial charge on any atom is -0.382 e. The largest absolute Gasteiger partial charge is 0.382 e. The molecule has 2 aliphatic rings. The Balaban J connectivity index is 0.00000288. The lowest BCUT2D eigenvalue weighted by Crippen LogP contribution is -2.46. The SMILES string of the molecule is CCOCCCNC(=O)C1CCN(C(=O)CNCC2CC2)CC1.Cl. The molecule has 7 heteroatoms. The van der Waals surface area contributed by atoms with Crippen molar-refractivity contribution in [3.05, 3.63) is 0 Å². The minimum atomic E-state index is 0. The van der Waals surface area contributed by atoms with Crippen LogP contribution in [0.25, 0.3) is 0 Å². The van der Waals surface area contributed by atoms with Crippen LogP contribution < -0.4 is 10.6 Å². The van der Waals surface area contributed by atoms with Gasteiger partial charge in [0.1, 0.15) is 0 Å². The molecule has 6 nitrogen and oxygen atoms in total. The van der Waals surface area contributed by atoms with Gasteiger partial charge in [-0.3, -0.25) is 9.59 Å². The van der Waals surface area contributed by atoms with E-state index in [2.05, 4.69) is 10.6 Å². The first kappa shape index (κ1) is 21.2. The highest BCUT2D eigenvalue weighted by Gasteiger charge is 2.27. The molecule has 1 saturated heterocycles. The summed E-state index contributed by atoms with van der Waals surface area (Å²) < 4.78 is 5.25. The lowest BCUT2D eigenvalue weighted by molar-refractivity contribution is -0.134. The summed E-state index contributed by atoms with van der Waals surface area (Å²) in [5, 5.41) is 6.21. The maximum atomic E-state index is 12.1. The molecular formula is C17H32ClN3O3. The van der Waals surface area contributed by atoms with E-state index in [0.29, 0.717) is 32.8 Å². The van der Waals surface area contributed by atoms with Gasteiger partial charge in [-0.25, -0.2) is 0 Å². The van der Waals surface area contributed by atoms with Crippen molar-refractivity contribution in [2.45, 2.75) is 39.0 Å². The van der Waals surface area contributed by atoms with Gasteiger partial charge in [-0.05, 0) is 51.5 Å². The van der Waals surface area contributed by atoms with E-state index in [1.807, 2.05) is 11.8 Å². The summed E-state index contributed by atoms with van der Waals surface area (Å²) in [5.74, 6) is 1.13. The fraction of sp³-hybridized carbons (Fsp3) is 0.882. The third-order valence-corrected chi connectivity index (χ3v) is 4.59. The molecular weight excluding hydrogens is 330 g/mol. The summed E-state index contributed by atoms with van der Waals surface area (Å²) in [6, 6.07) is 0. The molecule has 1 aliphatic heterocycles. The average molecular weight is 362 g/mol. The topological polar surface area (TPSA) is 70.7 Å². The number of carbonyl (C=O) groups excluding carboxylic acids is 2. The van der Waals surface area contributed by atoms with Gasteiger partial charge in [0, 0.05) is 38.8 Å². The van der Waals surface area contributed by atoms with E-state index in [-0.39, 0.29) is 30.1 Å². The Bertz CT molecular complexity index is 383. The number of halogens is 1. The lowest BCUT2D eigenvalue weighted by atomic mass is 9.96. The van der Waals surface area contributed by atoms with E-state index in [1.165, 1.54) is 12.8 Å². The van der Waals surface area contributed by atoms with Crippen LogP contribution in [0, 0.1) is 11.8 Å². The summed E-state index contributed by atoms with van der Waals surface area (Å²) in [4.78, 5) is 26.1. The fourth-order valence-corrected chi connectivity index (χ4v) is 2.88. The second-order valence-corrected chi connectivity index (χ2v) is 6.57. The van der Waals surface area contributed by atoms with Crippen LogP contribution in [0.2, 0.25) is 0 Å². The van der Waals surface area contributed by atoms with E-state index in [9.17, 15) is 9.59 Å². The average Bonchev–Trinajstić information content (AvgIpc) is 3.39. The molecule has 0 radical (unpaired) electrons. The van der Waals surface area contributed by atoms with Crippen LogP contribution in [0.4, 0.5) is 0 Å². The molecule has 0 aromatic carbocycles. The van der Waals surface area contributed by atoms with Crippen LogP contribution in [-0.4, -0.2) is 62.7 Å². The number of amides is 2. The second kappa shape index (κ2) is 11.7. The number of hydrogen-bond donors (Lipinski definition) is 2. The van der Waals surface area contributed by atoms with E-state index >= 15 is 0 Å². The molecule has 2 amide bonds. The molecule has 2 N–H and O–H groups in total. The summed E-state index contributed by atoms with van der Waals surface area (Å²) in [5.41, 5.74) is 0. The maximum absolute atomic E-state index is 12.1. The molecule has 140 valence electrons. The Hall–Kier alpha value is -0.850. The Labute approximate surface area is 151 Å². The predicted octanol–water partition coefficient (Wildman–Crippen LogP) is 1.19. The Kier molecular flexibility index (Phi) is 10.3. The highest BCUT2D eigenvalue weighted by molar-refractivity contribution is 5.85. The number of likely N-dealkylation sites (tertiary alicyclic amines) is 1. The van der Waals surface area contributed by atoms with Crippen LogP contribution in [0.15, 0.2) is 0 Å². The van der Waals surface area contributed by atoms with Gasteiger partial charge >= 0.3 is 0 Å². The molecule has 0 bridgehead atoms. The van der Waals surface area contributed by atoms with Crippen molar-refractivity contribution in [2.24, 2.45) is 11.8 Å². The summed E-state index contributed by atoms with van der Waals surface area (Å²) >= 11 is 0. The van der Waals surface area contributed by atoms with Crippen LogP contribution in [-0.2, 0) is 14.3 Å². The van der Waals surface area contributed by atoms with Gasteiger partial charge in [0.15, 0.2) is 0 Å². The van der Waals surface area contributed by atoms with Gasteiger partial charge in [-0.1, -0.05) is 0 Å². The first-order valence-electron chi connectivity index (χ1n) is 9.04. The van der Waals surface area contributed by atoms with Crippen LogP contribution in [0.1, 0.15) is 39.0 Å². The summed E-state index contributed by atoms with van der Waals surface area (Å²) in [7, 11) is 0. The third-order valence-electron chi connectivity index (χ3n) is 4.59. The number of hydrogen-bond acceptors (Lipinski definition) is 4. The predicted molar refractivity (Wildman–Crippen MR) is 96.3 cm³/mol. The van der Waals surface area contributed by atoms with Gasteiger partial charge in [0.2, 0.25) is 11.8 Å². The van der Waals surface area contributed by atoms with Crippen LogP contribution in [0.5, 0.6) is 0 Å². The second-order valence-electron chi connectivity index (χ2n) is 6.57. The smallest absolute Gasteiger partial charge is 0.236 e. The monoisotopic (exact) mass is 361 g/mol. The zero-order chi connectivity index (χ0) is 16.5. The number of nitrogens with one attached hydrogen (secondary N) is 2. The zero-order valence-electron chi connectivity index (χ0n) is 14.7. The minimum absolute atomic E-state index is 0. The molecule has 2 rings (SSSR count). The highest BCUT2D eigenvalue weighted by atomic mass is 35.5. The zero-order valence-corrected chi connectivity index (χ0v) is 15.5. The first-order valence-corrected chi connectivity index (χ1v) is 9.04. The van der Waals surface area contributed by atoms with Gasteiger partial charge in [-0.15, -0.1) is 12.4 Å². The van der Waals surface area contributed by atoms with Crippen molar-refractivity contribution in [1.29, 1.82) is 0 Å². The Morgan fingerprint density at radius 1 is 1.17 bits per heavy atom. The van der Waals surface area contributed by atoms with Crippen LogP contribution >= 0.6 is 12.4 Å². The number of piperidine rings is 1. The number of ether oxygens (including phenoxy) is 1. The fourth-order valence-electron chi connectivity index (χ4n) is 2.88. The Morgan fingerprint density at radius 3 is 2.50 bits per heavy atom. The normalized spacial score (nSPS) is 18.1. The molecule has 0 unspecified atom stereocenters. The van der Waals surface area contributed by atoms with E-state index in [0.717, 1.165) is 38.3 Å². The molecule has 24 heavy (non-hydrogen) atoms. The number of rotatable bonds is 10. The highest BCUT2D eigenvalue weighted by Crippen LogP contribution is 2.27. The van der Waals surface area contributed by atoms with Crippen molar-refractivity contribution in [2.75, 3.05) is 45.9 Å². The summed E-state index contributed by atoms with van der Waals surface area (Å²) in [6.45, 7) is 6.84. The quantitative estimate of drug-likeness (QED) is 0.573.